The highest BCUT2D eigenvalue weighted by Crippen LogP contribution is 2.34. The molecule has 0 heterocycles. The fraction of sp³-hybridized carbons (Fsp3) is 0.269. The van der Waals surface area contributed by atoms with Crippen LogP contribution in [-0.4, -0.2) is 26.6 Å². The largest absolute Gasteiger partial charge is 0.497 e. The predicted octanol–water partition coefficient (Wildman–Crippen LogP) is 5.31. The molecule has 33 heavy (non-hydrogen) atoms. The Bertz CT molecular complexity index is 1040. The third kappa shape index (κ3) is 6.35. The Morgan fingerprint density at radius 2 is 1.58 bits per heavy atom. The maximum absolute atomic E-state index is 13.0. The molecule has 0 aliphatic carbocycles. The third-order valence-electron chi connectivity index (χ3n) is 5.56. The lowest BCUT2D eigenvalue weighted by Crippen LogP contribution is -2.36. The molecule has 3 aromatic carbocycles. The second-order valence-corrected chi connectivity index (χ2v) is 7.65. The Labute approximate surface area is 191 Å². The van der Waals surface area contributed by atoms with Crippen molar-refractivity contribution in [2.75, 3.05) is 20.7 Å². The van der Waals surface area contributed by atoms with Gasteiger partial charge in [0.25, 0.3) is 0 Å². The molecule has 2 N–H and O–H groups in total. The first-order chi connectivity index (χ1) is 15.8. The molecule has 0 saturated carbocycles. The van der Waals surface area contributed by atoms with Crippen LogP contribution in [0.25, 0.3) is 0 Å². The summed E-state index contributed by atoms with van der Waals surface area (Å²) in [5, 5.41) is 5.97. The molecule has 0 saturated heterocycles. The van der Waals surface area contributed by atoms with Crippen LogP contribution in [0.2, 0.25) is 0 Å². The van der Waals surface area contributed by atoms with E-state index in [9.17, 15) is 18.0 Å². The first kappa shape index (κ1) is 24.3. The molecule has 0 fully saturated rings. The van der Waals surface area contributed by atoms with E-state index in [0.29, 0.717) is 18.7 Å². The van der Waals surface area contributed by atoms with Gasteiger partial charge < -0.3 is 15.4 Å². The second-order valence-electron chi connectivity index (χ2n) is 7.65. The van der Waals surface area contributed by atoms with Crippen LogP contribution >= 0.6 is 0 Å². The normalized spacial score (nSPS) is 13.2. The van der Waals surface area contributed by atoms with Gasteiger partial charge in [-0.15, -0.1) is 0 Å². The van der Waals surface area contributed by atoms with Crippen LogP contribution in [0.5, 0.6) is 5.75 Å². The molecular formula is C26H27F3N2O2. The fourth-order valence-corrected chi connectivity index (χ4v) is 3.81. The van der Waals surface area contributed by atoms with Gasteiger partial charge in [-0.3, -0.25) is 4.79 Å². The number of rotatable bonds is 9. The third-order valence-corrected chi connectivity index (χ3v) is 5.56. The number of ether oxygens (including phenoxy) is 1. The number of alkyl halides is 3. The highest BCUT2D eigenvalue weighted by molar-refractivity contribution is 5.82. The molecule has 0 spiro atoms. The van der Waals surface area contributed by atoms with E-state index in [4.69, 9.17) is 4.74 Å². The van der Waals surface area contributed by atoms with Crippen molar-refractivity contribution in [3.8, 4) is 5.75 Å². The molecule has 3 aromatic rings. The molecule has 0 radical (unpaired) electrons. The Morgan fingerprint density at radius 1 is 0.909 bits per heavy atom. The van der Waals surface area contributed by atoms with Crippen molar-refractivity contribution in [1.29, 1.82) is 0 Å². The zero-order valence-electron chi connectivity index (χ0n) is 18.5. The standard InChI is InChI=1S/C26H27F3N2O2/c1-30-25(32)24(19-7-4-3-5-8-19)31-16-15-23(20-9-6-10-22(17-20)33-2)18-11-13-21(14-12-18)26(27,28)29/h3-14,17,23-24,31H,15-16H2,1-2H3,(H,30,32)/t23-,24+/m0/s1. The number of carbonyl (C=O) groups is 1. The van der Waals surface area contributed by atoms with Gasteiger partial charge >= 0.3 is 6.18 Å². The Morgan fingerprint density at radius 3 is 2.18 bits per heavy atom. The average Bonchev–Trinajstić information content (AvgIpc) is 2.84. The minimum absolute atomic E-state index is 0.159. The quantitative estimate of drug-likeness (QED) is 0.459. The maximum Gasteiger partial charge on any atom is 0.416 e. The molecule has 0 bridgehead atoms. The molecule has 0 aliphatic rings. The molecule has 0 aliphatic heterocycles. The summed E-state index contributed by atoms with van der Waals surface area (Å²) < 4.78 is 44.5. The number of nitrogens with one attached hydrogen (secondary N) is 2. The van der Waals surface area contributed by atoms with E-state index in [0.717, 1.165) is 28.8 Å². The number of methoxy groups -OCH3 is 1. The monoisotopic (exact) mass is 456 g/mol. The summed E-state index contributed by atoms with van der Waals surface area (Å²) in [5.41, 5.74) is 1.84. The van der Waals surface area contributed by atoms with Gasteiger partial charge in [0.2, 0.25) is 5.91 Å². The van der Waals surface area contributed by atoms with E-state index in [2.05, 4.69) is 10.6 Å². The van der Waals surface area contributed by atoms with Crippen molar-refractivity contribution in [2.24, 2.45) is 0 Å². The molecule has 7 heteroatoms. The van der Waals surface area contributed by atoms with Crippen molar-refractivity contribution < 1.29 is 22.7 Å². The van der Waals surface area contributed by atoms with Crippen LogP contribution in [0.1, 0.15) is 40.6 Å². The summed E-state index contributed by atoms with van der Waals surface area (Å²) >= 11 is 0. The van der Waals surface area contributed by atoms with Gasteiger partial charge in [0.15, 0.2) is 0 Å². The summed E-state index contributed by atoms with van der Waals surface area (Å²) in [6.07, 6.45) is -3.82. The first-order valence-electron chi connectivity index (χ1n) is 10.6. The lowest BCUT2D eigenvalue weighted by Gasteiger charge is -2.22. The van der Waals surface area contributed by atoms with E-state index in [1.165, 1.54) is 12.1 Å². The van der Waals surface area contributed by atoms with Crippen LogP contribution in [0.15, 0.2) is 78.9 Å². The Kier molecular flexibility index (Phi) is 8.11. The van der Waals surface area contributed by atoms with Gasteiger partial charge in [-0.05, 0) is 53.9 Å². The van der Waals surface area contributed by atoms with E-state index >= 15 is 0 Å². The zero-order chi connectivity index (χ0) is 23.8. The zero-order valence-corrected chi connectivity index (χ0v) is 18.5. The van der Waals surface area contributed by atoms with Crippen molar-refractivity contribution in [1.82, 2.24) is 10.6 Å². The Hall–Kier alpha value is -3.32. The predicted molar refractivity (Wildman–Crippen MR) is 122 cm³/mol. The van der Waals surface area contributed by atoms with Crippen LogP contribution in [0, 0.1) is 0 Å². The second kappa shape index (κ2) is 11.0. The van der Waals surface area contributed by atoms with Crippen molar-refractivity contribution in [3.63, 3.8) is 0 Å². The van der Waals surface area contributed by atoms with E-state index in [1.54, 1.807) is 14.2 Å². The van der Waals surface area contributed by atoms with E-state index in [-0.39, 0.29) is 11.8 Å². The molecule has 3 rings (SSSR count). The highest BCUT2D eigenvalue weighted by Gasteiger charge is 2.30. The highest BCUT2D eigenvalue weighted by atomic mass is 19.4. The van der Waals surface area contributed by atoms with E-state index in [1.807, 2.05) is 54.6 Å². The molecule has 0 unspecified atom stereocenters. The number of hydrogen-bond acceptors (Lipinski definition) is 3. The summed E-state index contributed by atoms with van der Waals surface area (Å²) in [6.45, 7) is 0.468. The first-order valence-corrected chi connectivity index (χ1v) is 10.6. The Balaban J connectivity index is 1.84. The average molecular weight is 457 g/mol. The van der Waals surface area contributed by atoms with Gasteiger partial charge in [0.1, 0.15) is 11.8 Å². The SMILES string of the molecule is CNC(=O)[C@H](NCC[C@@H](c1ccc(C(F)(F)F)cc1)c1cccc(OC)c1)c1ccccc1. The van der Waals surface area contributed by atoms with Crippen LogP contribution < -0.4 is 15.4 Å². The summed E-state index contributed by atoms with van der Waals surface area (Å²) in [7, 11) is 3.16. The minimum Gasteiger partial charge on any atom is -0.497 e. The number of halogens is 3. The van der Waals surface area contributed by atoms with Crippen LogP contribution in [-0.2, 0) is 11.0 Å². The van der Waals surface area contributed by atoms with Gasteiger partial charge in [-0.25, -0.2) is 0 Å². The number of hydrogen-bond donors (Lipinski definition) is 2. The fourth-order valence-electron chi connectivity index (χ4n) is 3.81. The summed E-state index contributed by atoms with van der Waals surface area (Å²) in [5.74, 6) is 0.328. The van der Waals surface area contributed by atoms with Crippen molar-refractivity contribution in [3.05, 3.63) is 101 Å². The lowest BCUT2D eigenvalue weighted by molar-refractivity contribution is -0.137. The molecule has 4 nitrogen and oxygen atoms in total. The van der Waals surface area contributed by atoms with Gasteiger partial charge in [-0.2, -0.15) is 13.2 Å². The number of carbonyl (C=O) groups excluding carboxylic acids is 1. The van der Waals surface area contributed by atoms with Crippen LogP contribution in [0.3, 0.4) is 0 Å². The lowest BCUT2D eigenvalue weighted by atomic mass is 9.87. The maximum atomic E-state index is 13.0. The summed E-state index contributed by atoms with van der Waals surface area (Å²) in [4.78, 5) is 12.4. The molecule has 1 amide bonds. The minimum atomic E-state index is -4.39. The number of likely N-dealkylation sites (N-methyl/N-ethyl adjacent to an activating group) is 1. The van der Waals surface area contributed by atoms with Crippen LogP contribution in [0.4, 0.5) is 13.2 Å². The van der Waals surface area contributed by atoms with Crippen molar-refractivity contribution >= 4 is 5.91 Å². The molecule has 0 aromatic heterocycles. The van der Waals surface area contributed by atoms with Gasteiger partial charge in [0, 0.05) is 13.0 Å². The van der Waals surface area contributed by atoms with Crippen molar-refractivity contribution in [2.45, 2.75) is 24.6 Å². The van der Waals surface area contributed by atoms with Gasteiger partial charge in [-0.1, -0.05) is 54.6 Å². The number of benzene rings is 3. The van der Waals surface area contributed by atoms with E-state index < -0.39 is 17.8 Å². The number of amides is 1. The molecular weight excluding hydrogens is 429 g/mol. The molecule has 2 atom stereocenters. The molecule has 174 valence electrons. The summed E-state index contributed by atoms with van der Waals surface area (Å²) in [6, 6.07) is 21.6. The topological polar surface area (TPSA) is 50.4 Å². The smallest absolute Gasteiger partial charge is 0.416 e. The van der Waals surface area contributed by atoms with Gasteiger partial charge in [0.05, 0.1) is 12.7 Å².